The number of nitrogens with zero attached hydrogens (tertiary/aromatic N) is 5. The number of rotatable bonds is 6. The lowest BCUT2D eigenvalue weighted by Crippen LogP contribution is -2.52. The standard InChI is InChI=1S/C23H34N6/c1-19-22(20(2)27(4)26-19)12-13-25-23(24-3)29-17-15-28(16-18-29)14-8-11-21-9-6-5-7-10-21/h5-11H,12-18H2,1-4H3,(H,24,25)/b11-8+. The summed E-state index contributed by atoms with van der Waals surface area (Å²) in [6.45, 7) is 10.2. The minimum absolute atomic E-state index is 0.875. The molecule has 6 nitrogen and oxygen atoms in total. The van der Waals surface area contributed by atoms with E-state index in [9.17, 15) is 0 Å². The van der Waals surface area contributed by atoms with Crippen molar-refractivity contribution in [3.63, 3.8) is 0 Å². The van der Waals surface area contributed by atoms with E-state index in [1.165, 1.54) is 16.8 Å². The molecule has 0 saturated carbocycles. The summed E-state index contributed by atoms with van der Waals surface area (Å²) >= 11 is 0. The van der Waals surface area contributed by atoms with E-state index in [2.05, 4.69) is 81.5 Å². The average Bonchev–Trinajstić information content (AvgIpc) is 2.98. The molecule has 0 atom stereocenters. The van der Waals surface area contributed by atoms with E-state index in [4.69, 9.17) is 0 Å². The van der Waals surface area contributed by atoms with Gasteiger partial charge in [-0.3, -0.25) is 14.6 Å². The van der Waals surface area contributed by atoms with Crippen molar-refractivity contribution in [3.8, 4) is 0 Å². The molecule has 0 amide bonds. The van der Waals surface area contributed by atoms with E-state index in [0.717, 1.165) is 57.3 Å². The van der Waals surface area contributed by atoms with Crippen molar-refractivity contribution < 1.29 is 0 Å². The molecule has 1 saturated heterocycles. The van der Waals surface area contributed by atoms with Gasteiger partial charge in [0.15, 0.2) is 5.96 Å². The topological polar surface area (TPSA) is 48.7 Å². The van der Waals surface area contributed by atoms with Crippen molar-refractivity contribution in [1.82, 2.24) is 24.9 Å². The lowest BCUT2D eigenvalue weighted by atomic mass is 10.1. The van der Waals surface area contributed by atoms with Crippen LogP contribution in [0.4, 0.5) is 0 Å². The van der Waals surface area contributed by atoms with E-state index >= 15 is 0 Å². The van der Waals surface area contributed by atoms with E-state index in [0.29, 0.717) is 0 Å². The number of benzene rings is 1. The zero-order valence-corrected chi connectivity index (χ0v) is 18.2. The van der Waals surface area contributed by atoms with Gasteiger partial charge in [-0.2, -0.15) is 5.10 Å². The second-order valence-corrected chi connectivity index (χ2v) is 7.60. The highest BCUT2D eigenvalue weighted by Crippen LogP contribution is 2.12. The van der Waals surface area contributed by atoms with Crippen LogP contribution in [-0.4, -0.2) is 71.9 Å². The molecule has 0 bridgehead atoms. The summed E-state index contributed by atoms with van der Waals surface area (Å²) in [6.07, 6.45) is 5.43. The molecular formula is C23H34N6. The minimum Gasteiger partial charge on any atom is -0.356 e. The maximum atomic E-state index is 4.51. The van der Waals surface area contributed by atoms with Gasteiger partial charge in [-0.1, -0.05) is 42.5 Å². The van der Waals surface area contributed by atoms with Crippen molar-refractivity contribution in [2.75, 3.05) is 46.3 Å². The quantitative estimate of drug-likeness (QED) is 0.604. The van der Waals surface area contributed by atoms with Crippen LogP contribution >= 0.6 is 0 Å². The Labute approximate surface area is 174 Å². The van der Waals surface area contributed by atoms with Crippen LogP contribution in [0.1, 0.15) is 22.5 Å². The maximum absolute atomic E-state index is 4.51. The first-order valence-electron chi connectivity index (χ1n) is 10.5. The molecule has 0 radical (unpaired) electrons. The SMILES string of the molecule is CN=C(NCCc1c(C)nn(C)c1C)N1CCN(C/C=C/c2ccccc2)CC1. The van der Waals surface area contributed by atoms with Gasteiger partial charge in [-0.05, 0) is 31.4 Å². The summed E-state index contributed by atoms with van der Waals surface area (Å²) in [5.74, 6) is 1.00. The van der Waals surface area contributed by atoms with E-state index in [-0.39, 0.29) is 0 Å². The maximum Gasteiger partial charge on any atom is 0.193 e. The summed E-state index contributed by atoms with van der Waals surface area (Å²) in [4.78, 5) is 9.35. The summed E-state index contributed by atoms with van der Waals surface area (Å²) < 4.78 is 1.96. The van der Waals surface area contributed by atoms with Crippen LogP contribution in [0.15, 0.2) is 41.4 Å². The van der Waals surface area contributed by atoms with Crippen molar-refractivity contribution >= 4 is 12.0 Å². The Morgan fingerprint density at radius 1 is 1.14 bits per heavy atom. The molecule has 156 valence electrons. The van der Waals surface area contributed by atoms with Crippen LogP contribution in [0.3, 0.4) is 0 Å². The van der Waals surface area contributed by atoms with Crippen molar-refractivity contribution in [2.45, 2.75) is 20.3 Å². The highest BCUT2D eigenvalue weighted by atomic mass is 15.3. The molecular weight excluding hydrogens is 360 g/mol. The molecule has 0 unspecified atom stereocenters. The van der Waals surface area contributed by atoms with Crippen LogP contribution < -0.4 is 5.32 Å². The van der Waals surface area contributed by atoms with Crippen LogP contribution in [0.25, 0.3) is 6.08 Å². The Hall–Kier alpha value is -2.60. The zero-order chi connectivity index (χ0) is 20.6. The fourth-order valence-corrected chi connectivity index (χ4v) is 3.86. The van der Waals surface area contributed by atoms with Crippen molar-refractivity contribution in [1.29, 1.82) is 0 Å². The Balaban J connectivity index is 1.42. The molecule has 3 rings (SSSR count). The van der Waals surface area contributed by atoms with Crippen molar-refractivity contribution in [2.24, 2.45) is 12.0 Å². The molecule has 0 spiro atoms. The highest BCUT2D eigenvalue weighted by Gasteiger charge is 2.19. The molecule has 2 heterocycles. The fourth-order valence-electron chi connectivity index (χ4n) is 3.86. The van der Waals surface area contributed by atoms with Gasteiger partial charge in [0, 0.05) is 59.1 Å². The highest BCUT2D eigenvalue weighted by molar-refractivity contribution is 5.80. The summed E-state index contributed by atoms with van der Waals surface area (Å²) in [5, 5.41) is 8.04. The van der Waals surface area contributed by atoms with Crippen LogP contribution in [0, 0.1) is 13.8 Å². The molecule has 6 heteroatoms. The van der Waals surface area contributed by atoms with Gasteiger partial charge >= 0.3 is 0 Å². The Morgan fingerprint density at radius 3 is 2.48 bits per heavy atom. The lowest BCUT2D eigenvalue weighted by Gasteiger charge is -2.36. The van der Waals surface area contributed by atoms with E-state index in [1.54, 1.807) is 0 Å². The number of piperazine rings is 1. The molecule has 1 fully saturated rings. The first-order chi connectivity index (χ1) is 14.1. The predicted molar refractivity (Wildman–Crippen MR) is 121 cm³/mol. The number of guanidine groups is 1. The van der Waals surface area contributed by atoms with Crippen LogP contribution in [-0.2, 0) is 13.5 Å². The third-order valence-electron chi connectivity index (χ3n) is 5.67. The number of aliphatic imine (C=N–C) groups is 1. The van der Waals surface area contributed by atoms with Crippen LogP contribution in [0.2, 0.25) is 0 Å². The van der Waals surface area contributed by atoms with E-state index < -0.39 is 0 Å². The number of aryl methyl sites for hydroxylation is 2. The first kappa shape index (κ1) is 21.1. The Kier molecular flexibility index (Phi) is 7.47. The van der Waals surface area contributed by atoms with E-state index in [1.807, 2.05) is 18.8 Å². The van der Waals surface area contributed by atoms with Gasteiger partial charge in [-0.15, -0.1) is 0 Å². The number of hydrogen-bond acceptors (Lipinski definition) is 3. The van der Waals surface area contributed by atoms with Gasteiger partial charge in [0.05, 0.1) is 5.69 Å². The minimum atomic E-state index is 0.875. The third-order valence-corrected chi connectivity index (χ3v) is 5.67. The molecule has 1 aliphatic rings. The zero-order valence-electron chi connectivity index (χ0n) is 18.2. The number of hydrogen-bond donors (Lipinski definition) is 1. The fraction of sp³-hybridized carbons (Fsp3) is 0.478. The molecule has 2 aromatic rings. The average molecular weight is 395 g/mol. The van der Waals surface area contributed by atoms with Gasteiger partial charge in [0.25, 0.3) is 0 Å². The summed E-state index contributed by atoms with van der Waals surface area (Å²) in [5.41, 5.74) is 4.97. The van der Waals surface area contributed by atoms with Crippen LogP contribution in [0.5, 0.6) is 0 Å². The third kappa shape index (κ3) is 5.70. The Morgan fingerprint density at radius 2 is 1.86 bits per heavy atom. The van der Waals surface area contributed by atoms with Crippen molar-refractivity contribution in [3.05, 3.63) is 58.9 Å². The second kappa shape index (κ2) is 10.3. The monoisotopic (exact) mass is 394 g/mol. The first-order valence-corrected chi connectivity index (χ1v) is 10.5. The molecule has 1 N–H and O–H groups in total. The summed E-state index contributed by atoms with van der Waals surface area (Å²) in [6, 6.07) is 10.5. The molecule has 1 aromatic carbocycles. The molecule has 0 aliphatic carbocycles. The Bertz CT molecular complexity index is 829. The molecule has 1 aromatic heterocycles. The second-order valence-electron chi connectivity index (χ2n) is 7.60. The summed E-state index contributed by atoms with van der Waals surface area (Å²) in [7, 11) is 3.88. The predicted octanol–water partition coefficient (Wildman–Crippen LogP) is 2.49. The number of nitrogens with one attached hydrogen (secondary N) is 1. The largest absolute Gasteiger partial charge is 0.356 e. The van der Waals surface area contributed by atoms with Gasteiger partial charge in [0.1, 0.15) is 0 Å². The molecule has 1 aliphatic heterocycles. The number of aromatic nitrogens is 2. The van der Waals surface area contributed by atoms with Gasteiger partial charge in [-0.25, -0.2) is 0 Å². The van der Waals surface area contributed by atoms with Gasteiger partial charge in [0.2, 0.25) is 0 Å². The normalized spacial score (nSPS) is 16.0. The van der Waals surface area contributed by atoms with Gasteiger partial charge < -0.3 is 10.2 Å². The smallest absolute Gasteiger partial charge is 0.193 e. The molecule has 29 heavy (non-hydrogen) atoms. The lowest BCUT2D eigenvalue weighted by molar-refractivity contribution is 0.194.